The number of aliphatic hydroxyl groups is 1. The molecule has 1 aliphatic carbocycles. The molecule has 25 heavy (non-hydrogen) atoms. The van der Waals surface area contributed by atoms with Crippen molar-refractivity contribution in [3.8, 4) is 0 Å². The van der Waals surface area contributed by atoms with E-state index in [2.05, 4.69) is 12.1 Å². The summed E-state index contributed by atoms with van der Waals surface area (Å²) < 4.78 is 0. The van der Waals surface area contributed by atoms with Gasteiger partial charge in [0.1, 0.15) is 0 Å². The van der Waals surface area contributed by atoms with Crippen LogP contribution in [-0.2, 0) is 11.2 Å². The van der Waals surface area contributed by atoms with Crippen LogP contribution in [0.4, 0.5) is 0 Å². The molecule has 1 aliphatic heterocycles. The molecular formula is C21H26N2O2. The zero-order valence-electron chi connectivity index (χ0n) is 14.6. The number of pyridine rings is 1. The van der Waals surface area contributed by atoms with Crippen LogP contribution >= 0.6 is 0 Å². The highest BCUT2D eigenvalue weighted by molar-refractivity contribution is 5.78. The molecule has 0 spiro atoms. The number of rotatable bonds is 4. The molecule has 0 radical (unpaired) electrons. The number of nitrogens with zero attached hydrogens (tertiary/aromatic N) is 2. The van der Waals surface area contributed by atoms with Gasteiger partial charge in [0.15, 0.2) is 0 Å². The SMILES string of the molecule is O=C(CC1CCCC1)N1C[C@@H](Cc2ccc3ccccc3n2)[C@H](O)C1. The lowest BCUT2D eigenvalue weighted by Gasteiger charge is -2.18. The third-order valence-electron chi connectivity index (χ3n) is 5.82. The number of fused-ring (bicyclic) bond motifs is 1. The number of benzene rings is 1. The topological polar surface area (TPSA) is 53.4 Å². The first-order valence-electron chi connectivity index (χ1n) is 9.49. The summed E-state index contributed by atoms with van der Waals surface area (Å²) in [6.45, 7) is 1.13. The molecule has 2 atom stereocenters. The Morgan fingerprint density at radius 3 is 2.76 bits per heavy atom. The van der Waals surface area contributed by atoms with Gasteiger partial charge in [0.05, 0.1) is 11.6 Å². The van der Waals surface area contributed by atoms with Gasteiger partial charge < -0.3 is 10.0 Å². The maximum Gasteiger partial charge on any atom is 0.222 e. The van der Waals surface area contributed by atoms with E-state index in [0.29, 0.717) is 25.4 Å². The molecule has 132 valence electrons. The van der Waals surface area contributed by atoms with Crippen molar-refractivity contribution in [2.75, 3.05) is 13.1 Å². The van der Waals surface area contributed by atoms with Crippen molar-refractivity contribution in [2.45, 2.75) is 44.6 Å². The fraction of sp³-hybridized carbons (Fsp3) is 0.524. The van der Waals surface area contributed by atoms with Crippen molar-refractivity contribution in [1.29, 1.82) is 0 Å². The molecule has 2 aromatic rings. The summed E-state index contributed by atoms with van der Waals surface area (Å²) in [6.07, 6.45) is 5.83. The first-order chi connectivity index (χ1) is 12.2. The Balaban J connectivity index is 1.39. The minimum absolute atomic E-state index is 0.0844. The highest BCUT2D eigenvalue weighted by atomic mass is 16.3. The Morgan fingerprint density at radius 2 is 1.92 bits per heavy atom. The number of carbonyl (C=O) groups excluding carboxylic acids is 1. The fourth-order valence-corrected chi connectivity index (χ4v) is 4.34. The van der Waals surface area contributed by atoms with Gasteiger partial charge in [-0.1, -0.05) is 37.1 Å². The molecule has 4 heteroatoms. The van der Waals surface area contributed by atoms with E-state index < -0.39 is 6.10 Å². The predicted octanol–water partition coefficient (Wildman–Crippen LogP) is 3.18. The number of aromatic nitrogens is 1. The van der Waals surface area contributed by atoms with E-state index in [4.69, 9.17) is 4.98 Å². The number of aliphatic hydroxyl groups excluding tert-OH is 1. The third kappa shape index (κ3) is 3.69. The summed E-state index contributed by atoms with van der Waals surface area (Å²) in [5, 5.41) is 11.6. The van der Waals surface area contributed by atoms with Gasteiger partial charge >= 0.3 is 0 Å². The maximum absolute atomic E-state index is 12.5. The van der Waals surface area contributed by atoms with Gasteiger partial charge in [-0.3, -0.25) is 9.78 Å². The minimum Gasteiger partial charge on any atom is -0.391 e. The third-order valence-corrected chi connectivity index (χ3v) is 5.82. The number of likely N-dealkylation sites (tertiary alicyclic amines) is 1. The van der Waals surface area contributed by atoms with Crippen LogP contribution < -0.4 is 0 Å². The average molecular weight is 338 g/mol. The molecule has 1 amide bonds. The Bertz CT molecular complexity index is 754. The van der Waals surface area contributed by atoms with Crippen LogP contribution in [0.15, 0.2) is 36.4 Å². The summed E-state index contributed by atoms with van der Waals surface area (Å²) in [7, 11) is 0. The van der Waals surface area contributed by atoms with Crippen LogP contribution in [0.5, 0.6) is 0 Å². The van der Waals surface area contributed by atoms with Crippen LogP contribution in [0.1, 0.15) is 37.8 Å². The minimum atomic E-state index is -0.444. The number of hydrogen-bond acceptors (Lipinski definition) is 3. The van der Waals surface area contributed by atoms with Crippen molar-refractivity contribution in [3.63, 3.8) is 0 Å². The van der Waals surface area contributed by atoms with E-state index in [1.165, 1.54) is 25.7 Å². The van der Waals surface area contributed by atoms with E-state index in [1.54, 1.807) is 0 Å². The Hall–Kier alpha value is -1.94. The standard InChI is InChI=1S/C21H26N2O2/c24-20-14-23(21(25)11-15-5-1-2-6-15)13-17(20)12-18-10-9-16-7-3-4-8-19(16)22-18/h3-4,7-10,15,17,20,24H,1-2,5-6,11-14H2/t17-,20-/m1/s1. The zero-order chi connectivity index (χ0) is 17.2. The molecule has 1 aromatic heterocycles. The summed E-state index contributed by atoms with van der Waals surface area (Å²) >= 11 is 0. The van der Waals surface area contributed by atoms with Gasteiger partial charge in [-0.05, 0) is 37.3 Å². The number of amides is 1. The second-order valence-corrected chi connectivity index (χ2v) is 7.68. The van der Waals surface area contributed by atoms with Crippen molar-refractivity contribution in [1.82, 2.24) is 9.88 Å². The lowest BCUT2D eigenvalue weighted by Crippen LogP contribution is -2.30. The molecule has 0 bridgehead atoms. The van der Waals surface area contributed by atoms with E-state index in [9.17, 15) is 9.90 Å². The Morgan fingerprint density at radius 1 is 1.12 bits per heavy atom. The molecule has 2 heterocycles. The molecular weight excluding hydrogens is 312 g/mol. The van der Waals surface area contributed by atoms with Gasteiger partial charge in [-0.25, -0.2) is 0 Å². The Labute approximate surface area is 148 Å². The second-order valence-electron chi connectivity index (χ2n) is 7.68. The first-order valence-corrected chi connectivity index (χ1v) is 9.49. The lowest BCUT2D eigenvalue weighted by molar-refractivity contribution is -0.131. The quantitative estimate of drug-likeness (QED) is 0.931. The van der Waals surface area contributed by atoms with E-state index in [0.717, 1.165) is 23.0 Å². The molecule has 1 N–H and O–H groups in total. The van der Waals surface area contributed by atoms with Gasteiger partial charge in [-0.2, -0.15) is 0 Å². The summed E-state index contributed by atoms with van der Waals surface area (Å²) in [4.78, 5) is 19.1. The summed E-state index contributed by atoms with van der Waals surface area (Å²) in [5.41, 5.74) is 1.98. The average Bonchev–Trinajstić information content (AvgIpc) is 3.25. The van der Waals surface area contributed by atoms with Gasteiger partial charge in [0.25, 0.3) is 0 Å². The molecule has 1 saturated heterocycles. The zero-order valence-corrected chi connectivity index (χ0v) is 14.6. The van der Waals surface area contributed by atoms with Crippen molar-refractivity contribution in [2.24, 2.45) is 11.8 Å². The van der Waals surface area contributed by atoms with Crippen molar-refractivity contribution < 1.29 is 9.90 Å². The van der Waals surface area contributed by atoms with E-state index >= 15 is 0 Å². The molecule has 0 unspecified atom stereocenters. The largest absolute Gasteiger partial charge is 0.391 e. The van der Waals surface area contributed by atoms with Crippen LogP contribution in [0.2, 0.25) is 0 Å². The number of β-amino-alcohol motifs (C(OH)–C–C–N with tert-alkyl or cyclic N) is 1. The molecule has 1 saturated carbocycles. The lowest BCUT2D eigenvalue weighted by atomic mass is 9.99. The summed E-state index contributed by atoms with van der Waals surface area (Å²) in [5.74, 6) is 0.868. The Kier molecular flexibility index (Phi) is 4.71. The highest BCUT2D eigenvalue weighted by Crippen LogP contribution is 2.29. The molecule has 4 rings (SSSR count). The van der Waals surface area contributed by atoms with Crippen molar-refractivity contribution in [3.05, 3.63) is 42.1 Å². The van der Waals surface area contributed by atoms with Gasteiger partial charge in [-0.15, -0.1) is 0 Å². The normalized spacial score (nSPS) is 24.3. The second kappa shape index (κ2) is 7.12. The highest BCUT2D eigenvalue weighted by Gasteiger charge is 2.35. The number of carbonyl (C=O) groups is 1. The molecule has 4 nitrogen and oxygen atoms in total. The van der Waals surface area contributed by atoms with E-state index in [-0.39, 0.29) is 11.8 Å². The number of hydrogen-bond donors (Lipinski definition) is 1. The van der Waals surface area contributed by atoms with Crippen LogP contribution in [0.25, 0.3) is 10.9 Å². The first kappa shape index (κ1) is 16.5. The maximum atomic E-state index is 12.5. The smallest absolute Gasteiger partial charge is 0.222 e. The van der Waals surface area contributed by atoms with E-state index in [1.807, 2.05) is 29.2 Å². The van der Waals surface area contributed by atoms with Crippen molar-refractivity contribution >= 4 is 16.8 Å². The monoisotopic (exact) mass is 338 g/mol. The van der Waals surface area contributed by atoms with Crippen LogP contribution in [0.3, 0.4) is 0 Å². The fourth-order valence-electron chi connectivity index (χ4n) is 4.34. The van der Waals surface area contributed by atoms with Gasteiger partial charge in [0, 0.05) is 36.5 Å². The predicted molar refractivity (Wildman–Crippen MR) is 98.1 cm³/mol. The van der Waals surface area contributed by atoms with Gasteiger partial charge in [0.2, 0.25) is 5.91 Å². The molecule has 1 aromatic carbocycles. The molecule has 2 fully saturated rings. The number of para-hydroxylation sites is 1. The van der Waals surface area contributed by atoms with Crippen LogP contribution in [0, 0.1) is 11.8 Å². The van der Waals surface area contributed by atoms with Crippen LogP contribution in [-0.4, -0.2) is 40.1 Å². The molecule has 2 aliphatic rings. The summed E-state index contributed by atoms with van der Waals surface area (Å²) in [6, 6.07) is 12.2.